The van der Waals surface area contributed by atoms with Gasteiger partial charge in [0.2, 0.25) is 0 Å². The van der Waals surface area contributed by atoms with Crippen molar-refractivity contribution in [2.24, 2.45) is 10.8 Å². The normalized spacial score (nSPS) is 15.2. The molecule has 530 valence electrons. The number of amides is 4. The molecule has 0 radical (unpaired) electrons. The van der Waals surface area contributed by atoms with Crippen LogP contribution >= 0.6 is 0 Å². The molecule has 0 spiro atoms. The first kappa shape index (κ1) is 79.5. The predicted octanol–water partition coefficient (Wildman–Crippen LogP) is 17.2. The Kier molecular flexibility index (Phi) is 32.9. The van der Waals surface area contributed by atoms with Gasteiger partial charge in [-0.15, -0.1) is 0 Å². The molecule has 1 heterocycles. The molecule has 1 aliphatic heterocycles. The van der Waals surface area contributed by atoms with Gasteiger partial charge in [0.25, 0.3) is 0 Å². The number of hydrogen-bond acceptors (Lipinski definition) is 8. The third-order valence-corrected chi connectivity index (χ3v) is 19.4. The van der Waals surface area contributed by atoms with E-state index >= 15 is 0 Å². The fourth-order valence-corrected chi connectivity index (χ4v) is 15.1. The van der Waals surface area contributed by atoms with E-state index in [0.29, 0.717) is 45.8 Å². The molecule has 0 saturated carbocycles. The summed E-state index contributed by atoms with van der Waals surface area (Å²) >= 11 is 0. The Morgan fingerprint density at radius 2 is 0.632 bits per heavy atom. The lowest BCUT2D eigenvalue weighted by Gasteiger charge is -2.60. The average molecular weight is 1320 g/mol. The second-order valence-electron chi connectivity index (χ2n) is 31.1. The molecular weight excluding hydrogens is 1190 g/mol. The molecule has 0 aliphatic carbocycles. The first-order valence-electron chi connectivity index (χ1n) is 36.1. The molecule has 16 nitrogen and oxygen atoms in total. The minimum absolute atomic E-state index is 0.155. The van der Waals surface area contributed by atoms with Crippen molar-refractivity contribution in [3.8, 4) is 0 Å². The highest BCUT2D eigenvalue weighted by atomic mass is 16.4. The second kappa shape index (κ2) is 39.3. The van der Waals surface area contributed by atoms with Crippen LogP contribution in [0.2, 0.25) is 0 Å². The van der Waals surface area contributed by atoms with Gasteiger partial charge in [0.15, 0.2) is 0 Å². The van der Waals surface area contributed by atoms with Crippen LogP contribution in [0.4, 0.5) is 19.2 Å². The molecule has 95 heavy (non-hydrogen) atoms. The number of hydrogen-bond donors (Lipinski definition) is 4. The summed E-state index contributed by atoms with van der Waals surface area (Å²) in [6, 6.07) is 36.1. The Morgan fingerprint density at radius 1 is 0.337 bits per heavy atom. The SMILES string of the molecule is CC(C)(C)c1cccc(C(N(CCCCCN2CCCN(CCCCCN(Cc3ccccc3)C(=O)O)CCCN(CCCCCN(Cc3ccccc3)C(=O)O)CCCN(CCCCCN(Cc3ccccc3)C(=O)O)CC2)C(=O)O)(C(C)(C)C)C(C)(C)C)c1C(C)(C)C. The molecule has 1 fully saturated rings. The van der Waals surface area contributed by atoms with Crippen molar-refractivity contribution in [1.29, 1.82) is 0 Å². The molecule has 16 heteroatoms. The third kappa shape index (κ3) is 26.3. The van der Waals surface area contributed by atoms with Crippen molar-refractivity contribution < 1.29 is 39.6 Å². The molecule has 0 atom stereocenters. The van der Waals surface area contributed by atoms with E-state index in [1.54, 1.807) is 0 Å². The molecule has 0 aromatic heterocycles. The van der Waals surface area contributed by atoms with Gasteiger partial charge in [-0.25, -0.2) is 19.2 Å². The molecule has 0 bridgehead atoms. The highest BCUT2D eigenvalue weighted by Crippen LogP contribution is 2.58. The largest absolute Gasteiger partial charge is 0.465 e. The van der Waals surface area contributed by atoms with Gasteiger partial charge in [-0.2, -0.15) is 0 Å². The molecule has 1 aliphatic rings. The van der Waals surface area contributed by atoms with Crippen molar-refractivity contribution in [2.75, 3.05) is 105 Å². The number of rotatable bonds is 32. The smallest absolute Gasteiger partial charge is 0.408 e. The summed E-state index contributed by atoms with van der Waals surface area (Å²) in [5, 5.41) is 41.9. The van der Waals surface area contributed by atoms with Crippen molar-refractivity contribution in [3.05, 3.63) is 143 Å². The van der Waals surface area contributed by atoms with E-state index in [2.05, 4.69) is 121 Å². The van der Waals surface area contributed by atoms with Crippen molar-refractivity contribution in [3.63, 3.8) is 0 Å². The summed E-state index contributed by atoms with van der Waals surface area (Å²) < 4.78 is 0. The van der Waals surface area contributed by atoms with Gasteiger partial charge >= 0.3 is 24.4 Å². The number of benzene rings is 4. The van der Waals surface area contributed by atoms with Crippen molar-refractivity contribution in [1.82, 2.24) is 39.2 Å². The summed E-state index contributed by atoms with van der Waals surface area (Å²) in [6.45, 7) is 41.3. The van der Waals surface area contributed by atoms with Gasteiger partial charge in [-0.05, 0) is 191 Å². The Balaban J connectivity index is 1.35. The van der Waals surface area contributed by atoms with E-state index in [9.17, 15) is 39.6 Å². The van der Waals surface area contributed by atoms with E-state index in [1.807, 2.05) is 95.9 Å². The molecule has 0 unspecified atom stereocenters. The number of unbranched alkanes of at least 4 members (excludes halogenated alkanes) is 8. The van der Waals surface area contributed by atoms with Crippen LogP contribution in [0.25, 0.3) is 0 Å². The molecule has 4 aromatic carbocycles. The lowest BCUT2D eigenvalue weighted by molar-refractivity contribution is -0.0814. The van der Waals surface area contributed by atoms with Crippen LogP contribution in [-0.2, 0) is 36.0 Å². The van der Waals surface area contributed by atoms with Crippen molar-refractivity contribution >= 4 is 24.4 Å². The zero-order valence-electron chi connectivity index (χ0n) is 60.9. The van der Waals surface area contributed by atoms with Crippen LogP contribution in [0.15, 0.2) is 109 Å². The summed E-state index contributed by atoms with van der Waals surface area (Å²) in [6.07, 6.45) is 10.2. The highest BCUT2D eigenvalue weighted by Gasteiger charge is 2.59. The molecular formula is C79H126N8O8. The van der Waals surface area contributed by atoms with Crippen LogP contribution < -0.4 is 0 Å². The molecule has 4 amide bonds. The van der Waals surface area contributed by atoms with Crippen LogP contribution in [0.1, 0.15) is 213 Å². The minimum atomic E-state index is -0.893. The topological polar surface area (TPSA) is 175 Å². The van der Waals surface area contributed by atoms with E-state index in [0.717, 1.165) is 197 Å². The van der Waals surface area contributed by atoms with Gasteiger partial charge in [0.1, 0.15) is 0 Å². The summed E-state index contributed by atoms with van der Waals surface area (Å²) in [4.78, 5) is 68.1. The average Bonchev–Trinajstić information content (AvgIpc) is 0.704. The lowest BCUT2D eigenvalue weighted by Crippen LogP contribution is -2.64. The maximum absolute atomic E-state index is 14.1. The molecule has 4 aromatic rings. The quantitative estimate of drug-likeness (QED) is 0.0341. The maximum atomic E-state index is 14.1. The van der Waals surface area contributed by atoms with Crippen LogP contribution in [0, 0.1) is 10.8 Å². The lowest BCUT2D eigenvalue weighted by atomic mass is 9.53. The first-order valence-corrected chi connectivity index (χ1v) is 36.1. The fourth-order valence-electron chi connectivity index (χ4n) is 15.1. The Morgan fingerprint density at radius 3 is 0.905 bits per heavy atom. The van der Waals surface area contributed by atoms with Crippen LogP contribution in [-0.4, -0.2) is 189 Å². The van der Waals surface area contributed by atoms with Gasteiger partial charge in [0, 0.05) is 58.9 Å². The molecule has 1 saturated heterocycles. The van der Waals surface area contributed by atoms with E-state index in [-0.39, 0.29) is 10.8 Å². The second-order valence-corrected chi connectivity index (χ2v) is 31.1. The van der Waals surface area contributed by atoms with E-state index < -0.39 is 40.7 Å². The van der Waals surface area contributed by atoms with Crippen molar-refractivity contribution in [2.45, 2.75) is 215 Å². The maximum Gasteiger partial charge on any atom is 0.408 e. The van der Waals surface area contributed by atoms with Crippen LogP contribution in [0.5, 0.6) is 0 Å². The fraction of sp³-hybridized carbons (Fsp3) is 0.646. The van der Waals surface area contributed by atoms with Gasteiger partial charge in [0.05, 0.1) is 5.54 Å². The Hall–Kier alpha value is -6.20. The monoisotopic (exact) mass is 1310 g/mol. The zero-order chi connectivity index (χ0) is 69.7. The number of nitrogens with zero attached hydrogens (tertiary/aromatic N) is 8. The Labute approximate surface area is 574 Å². The zero-order valence-corrected chi connectivity index (χ0v) is 60.9. The first-order chi connectivity index (χ1) is 45.0. The van der Waals surface area contributed by atoms with Gasteiger partial charge < -0.3 is 54.7 Å². The number of carbonyl (C=O) groups is 4. The number of carboxylic acid groups (broad SMARTS) is 4. The standard InChI is InChI=1S/C79H126N8O8/c1-75(2,3)68-44-34-45-69(70(68)76(4,5)6)79(77(7,8)9,78(10,11)12)87(74(94)95)59-33-19-29-49-83-55-37-53-81(47-27-17-31-57-85(72(90)91)63-66-40-22-14-23-41-66)51-35-50-80(46-26-16-30-56-84(71(88)89)62-65-38-20-13-21-39-65)52-36-54-82(60-61-83)48-28-18-32-58-86(73(92)93)64-67-42-24-15-25-43-67/h13-15,20-25,34,38-45H,16-19,26-33,35-37,46-64H2,1-12H3,(H,88,89)(H,90,91)(H,92,93)(H,94,95). The van der Waals surface area contributed by atoms with Crippen LogP contribution in [0.3, 0.4) is 0 Å². The minimum Gasteiger partial charge on any atom is -0.465 e. The molecule has 4 N–H and O–H groups in total. The highest BCUT2D eigenvalue weighted by molar-refractivity contribution is 5.68. The molecule has 5 rings (SSSR count). The summed E-state index contributed by atoms with van der Waals surface area (Å²) in [5.74, 6) is 0. The third-order valence-electron chi connectivity index (χ3n) is 19.4. The van der Waals surface area contributed by atoms with Gasteiger partial charge in [-0.1, -0.05) is 218 Å². The predicted molar refractivity (Wildman–Crippen MR) is 389 cm³/mol. The Bertz CT molecular complexity index is 2840. The van der Waals surface area contributed by atoms with E-state index in [4.69, 9.17) is 0 Å². The van der Waals surface area contributed by atoms with E-state index in [1.165, 1.54) is 25.8 Å². The summed E-state index contributed by atoms with van der Waals surface area (Å²) in [7, 11) is 0. The summed E-state index contributed by atoms with van der Waals surface area (Å²) in [5.41, 5.74) is 4.34. The van der Waals surface area contributed by atoms with Gasteiger partial charge in [-0.3, -0.25) is 4.90 Å².